The summed E-state index contributed by atoms with van der Waals surface area (Å²) in [5, 5.41) is 0. The Morgan fingerprint density at radius 1 is 0.800 bits per heavy atom. The van der Waals surface area contributed by atoms with E-state index in [1.165, 1.54) is 23.8 Å². The number of hydrogen-bond donors (Lipinski definition) is 1. The molecule has 4 aromatic rings. The van der Waals surface area contributed by atoms with Gasteiger partial charge in [0.2, 0.25) is 0 Å². The van der Waals surface area contributed by atoms with Gasteiger partial charge in [0.15, 0.2) is 0 Å². The fraction of sp³-hybridized carbons (Fsp3) is 0.303. The van der Waals surface area contributed by atoms with Crippen molar-refractivity contribution < 1.29 is 8.78 Å². The number of aromatic nitrogens is 1. The number of nitrogens with zero attached hydrogens (tertiary/aromatic N) is 3. The summed E-state index contributed by atoms with van der Waals surface area (Å²) in [6.45, 7) is 7.86. The highest BCUT2D eigenvalue weighted by Crippen LogP contribution is 2.28. The number of nitrogens with two attached hydrogens (primary N) is 1. The van der Waals surface area contributed by atoms with E-state index in [1.54, 1.807) is 4.57 Å². The van der Waals surface area contributed by atoms with Gasteiger partial charge in [-0.05, 0) is 48.2 Å². The minimum atomic E-state index is -0.589. The van der Waals surface area contributed by atoms with Crippen molar-refractivity contribution in [2.75, 3.05) is 31.1 Å². The smallest absolute Gasteiger partial charge is 0.274 e. The van der Waals surface area contributed by atoms with Crippen LogP contribution in [-0.2, 0) is 19.5 Å². The molecule has 1 aromatic heterocycles. The first kappa shape index (κ1) is 27.7. The third kappa shape index (κ3) is 5.86. The van der Waals surface area contributed by atoms with Crippen molar-refractivity contribution in [2.45, 2.75) is 39.4 Å². The quantitative estimate of drug-likeness (QED) is 0.326. The summed E-state index contributed by atoms with van der Waals surface area (Å²) in [4.78, 5) is 18.6. The summed E-state index contributed by atoms with van der Waals surface area (Å²) >= 11 is 0. The summed E-state index contributed by atoms with van der Waals surface area (Å²) in [5.74, 6) is -1.18. The zero-order chi connectivity index (χ0) is 28.2. The topological polar surface area (TPSA) is 54.5 Å². The van der Waals surface area contributed by atoms with E-state index in [1.807, 2.05) is 62.4 Å². The van der Waals surface area contributed by atoms with E-state index in [4.69, 9.17) is 5.73 Å². The Morgan fingerprint density at radius 3 is 2.02 bits per heavy atom. The molecule has 3 aromatic carbocycles. The third-order valence-electron chi connectivity index (χ3n) is 8.06. The Morgan fingerprint density at radius 2 is 1.40 bits per heavy atom. The minimum Gasteiger partial charge on any atom is -0.364 e. The van der Waals surface area contributed by atoms with Crippen molar-refractivity contribution in [3.8, 4) is 0 Å². The van der Waals surface area contributed by atoms with E-state index in [2.05, 4.69) is 21.9 Å². The van der Waals surface area contributed by atoms with Crippen LogP contribution in [0.5, 0.6) is 0 Å². The number of pyridine rings is 1. The average Bonchev–Trinajstić information content (AvgIpc) is 2.96. The number of piperazine rings is 1. The summed E-state index contributed by atoms with van der Waals surface area (Å²) in [6, 6.07) is 23.5. The molecule has 2 N–H and O–H groups in total. The molecule has 0 amide bonds. The second-order valence-electron chi connectivity index (χ2n) is 10.6. The van der Waals surface area contributed by atoms with Gasteiger partial charge in [-0.3, -0.25) is 9.69 Å². The maximum absolute atomic E-state index is 14.7. The molecule has 1 aliphatic rings. The van der Waals surface area contributed by atoms with E-state index >= 15 is 0 Å². The van der Waals surface area contributed by atoms with Crippen molar-refractivity contribution in [3.05, 3.63) is 134 Å². The number of anilines is 1. The van der Waals surface area contributed by atoms with E-state index in [0.717, 1.165) is 36.3 Å². The lowest BCUT2D eigenvalue weighted by Crippen LogP contribution is -2.48. The number of halogens is 2. The summed E-state index contributed by atoms with van der Waals surface area (Å²) in [7, 11) is 0. The average molecular weight is 543 g/mol. The van der Waals surface area contributed by atoms with Gasteiger partial charge in [0.05, 0.1) is 0 Å². The van der Waals surface area contributed by atoms with E-state index < -0.39 is 17.7 Å². The summed E-state index contributed by atoms with van der Waals surface area (Å²) < 4.78 is 31.2. The van der Waals surface area contributed by atoms with Crippen molar-refractivity contribution in [1.82, 2.24) is 9.47 Å². The number of hydrogen-bond acceptors (Lipinski definition) is 4. The lowest BCUT2D eigenvalue weighted by Gasteiger charge is -2.37. The first-order valence-electron chi connectivity index (χ1n) is 13.8. The zero-order valence-corrected chi connectivity index (χ0v) is 23.1. The standard InChI is InChI=1S/C33H36F2N4O/c1-23-27(20-28-29(34)14-9-15-30(28)35)24(2)39(22-31(36)26-12-7-4-8-13-26)33(40)32(23)38-18-16-37(17-19-38)21-25-10-5-3-6-11-25/h3-15,31H,16-22,36H2,1-2H3/t31-/m0/s1. The molecule has 1 atom stereocenters. The van der Waals surface area contributed by atoms with Crippen molar-refractivity contribution in [3.63, 3.8) is 0 Å². The minimum absolute atomic E-state index is 0.00453. The predicted molar refractivity (Wildman–Crippen MR) is 157 cm³/mol. The van der Waals surface area contributed by atoms with Crippen molar-refractivity contribution in [2.24, 2.45) is 5.73 Å². The number of benzene rings is 3. The van der Waals surface area contributed by atoms with Crippen molar-refractivity contribution in [1.29, 1.82) is 0 Å². The zero-order valence-electron chi connectivity index (χ0n) is 23.1. The van der Waals surface area contributed by atoms with Gasteiger partial charge in [0.1, 0.15) is 17.3 Å². The molecule has 1 fully saturated rings. The van der Waals surface area contributed by atoms with Crippen molar-refractivity contribution >= 4 is 5.69 Å². The molecule has 2 heterocycles. The lowest BCUT2D eigenvalue weighted by molar-refractivity contribution is 0.249. The van der Waals surface area contributed by atoms with Crippen LogP contribution in [0.15, 0.2) is 83.7 Å². The van der Waals surface area contributed by atoms with Gasteiger partial charge in [-0.25, -0.2) is 8.78 Å². The molecule has 0 aliphatic carbocycles. The fourth-order valence-corrected chi connectivity index (χ4v) is 5.72. The fourth-order valence-electron chi connectivity index (χ4n) is 5.72. The molecule has 208 valence electrons. The van der Waals surface area contributed by atoms with Gasteiger partial charge in [0.25, 0.3) is 5.56 Å². The van der Waals surface area contributed by atoms with Gasteiger partial charge >= 0.3 is 0 Å². The molecule has 0 unspecified atom stereocenters. The van der Waals surface area contributed by atoms with Gasteiger partial charge in [-0.15, -0.1) is 0 Å². The van der Waals surface area contributed by atoms with Gasteiger partial charge in [0, 0.05) is 63.0 Å². The molecule has 5 nitrogen and oxygen atoms in total. The van der Waals surface area contributed by atoms with E-state index in [9.17, 15) is 13.6 Å². The van der Waals surface area contributed by atoms with Crippen LogP contribution in [0.3, 0.4) is 0 Å². The van der Waals surface area contributed by atoms with Crippen LogP contribution in [0.25, 0.3) is 0 Å². The molecule has 0 bridgehead atoms. The van der Waals surface area contributed by atoms with Crippen LogP contribution >= 0.6 is 0 Å². The molecule has 0 saturated carbocycles. The molecule has 40 heavy (non-hydrogen) atoms. The van der Waals surface area contributed by atoms with Crippen LogP contribution in [-0.4, -0.2) is 35.6 Å². The van der Waals surface area contributed by atoms with Crippen LogP contribution in [0.1, 0.15) is 39.6 Å². The Labute approximate surface area is 234 Å². The molecule has 0 spiro atoms. The second-order valence-corrected chi connectivity index (χ2v) is 10.6. The van der Waals surface area contributed by atoms with Crippen LogP contribution in [0.4, 0.5) is 14.5 Å². The maximum atomic E-state index is 14.7. The van der Waals surface area contributed by atoms with Gasteiger partial charge in [-0.1, -0.05) is 66.7 Å². The monoisotopic (exact) mass is 542 g/mol. The SMILES string of the molecule is Cc1c(Cc2c(F)cccc2F)c(C)n(C[C@H](N)c2ccccc2)c(=O)c1N1CCN(Cc2ccccc2)CC1. The second kappa shape index (κ2) is 12.1. The molecular weight excluding hydrogens is 506 g/mol. The first-order chi connectivity index (χ1) is 19.3. The molecule has 5 rings (SSSR count). The highest BCUT2D eigenvalue weighted by molar-refractivity contribution is 5.57. The molecule has 0 radical (unpaired) electrons. The highest BCUT2D eigenvalue weighted by atomic mass is 19.1. The highest BCUT2D eigenvalue weighted by Gasteiger charge is 2.26. The maximum Gasteiger partial charge on any atom is 0.274 e. The largest absolute Gasteiger partial charge is 0.364 e. The van der Waals surface area contributed by atoms with Crippen LogP contribution < -0.4 is 16.2 Å². The molecular formula is C33H36F2N4O. The normalized spacial score (nSPS) is 14.9. The molecule has 1 aliphatic heterocycles. The van der Waals surface area contributed by atoms with E-state index in [-0.39, 0.29) is 24.1 Å². The Hall–Kier alpha value is -3.81. The Balaban J connectivity index is 1.50. The Kier molecular flexibility index (Phi) is 8.43. The van der Waals surface area contributed by atoms with Crippen LogP contribution in [0, 0.1) is 25.5 Å². The van der Waals surface area contributed by atoms with E-state index in [0.29, 0.717) is 24.5 Å². The number of rotatable bonds is 8. The summed E-state index contributed by atoms with van der Waals surface area (Å²) in [5.41, 5.74) is 11.4. The molecule has 7 heteroatoms. The van der Waals surface area contributed by atoms with Crippen LogP contribution in [0.2, 0.25) is 0 Å². The lowest BCUT2D eigenvalue weighted by atomic mass is 9.96. The first-order valence-corrected chi connectivity index (χ1v) is 13.8. The van der Waals surface area contributed by atoms with Gasteiger partial charge < -0.3 is 15.2 Å². The molecule has 1 saturated heterocycles. The Bertz CT molecular complexity index is 1490. The predicted octanol–water partition coefficient (Wildman–Crippen LogP) is 5.36. The third-order valence-corrected chi connectivity index (χ3v) is 8.06. The van der Waals surface area contributed by atoms with Gasteiger partial charge in [-0.2, -0.15) is 0 Å². The summed E-state index contributed by atoms with van der Waals surface area (Å²) in [6.07, 6.45) is 0.0536.